The van der Waals surface area contributed by atoms with Crippen LogP contribution in [0.1, 0.15) is 36.5 Å². The van der Waals surface area contributed by atoms with Gasteiger partial charge < -0.3 is 19.3 Å². The van der Waals surface area contributed by atoms with E-state index < -0.39 is 6.36 Å². The number of aromatic nitrogens is 5. The number of para-hydroxylation sites is 2. The predicted octanol–water partition coefficient (Wildman–Crippen LogP) is 3.34. The van der Waals surface area contributed by atoms with Crippen LogP contribution < -0.4 is 9.64 Å². The first-order valence-electron chi connectivity index (χ1n) is 11.5. The summed E-state index contributed by atoms with van der Waals surface area (Å²) in [4.78, 5) is 17.6. The topological polar surface area (TPSA) is 81.4 Å². The maximum Gasteiger partial charge on any atom is 0.573 e. The van der Waals surface area contributed by atoms with Crippen molar-refractivity contribution in [1.29, 1.82) is 0 Å². The van der Waals surface area contributed by atoms with Crippen molar-refractivity contribution in [2.75, 3.05) is 44.7 Å². The molecule has 0 spiro atoms. The maximum atomic E-state index is 13.1. The zero-order valence-corrected chi connectivity index (χ0v) is 19.2. The quantitative estimate of drug-likeness (QED) is 0.540. The molecule has 2 saturated heterocycles. The van der Waals surface area contributed by atoms with Gasteiger partial charge in [-0.1, -0.05) is 12.1 Å². The summed E-state index contributed by atoms with van der Waals surface area (Å²) in [6.07, 6.45) is 1.31. The average molecular weight is 490 g/mol. The number of halogens is 3. The zero-order valence-electron chi connectivity index (χ0n) is 19.2. The minimum absolute atomic E-state index is 0.00978. The molecule has 1 aromatic carbocycles. The van der Waals surface area contributed by atoms with Crippen LogP contribution >= 0.6 is 0 Å². The van der Waals surface area contributed by atoms with Crippen molar-refractivity contribution in [3.05, 3.63) is 54.5 Å². The minimum Gasteiger partial charge on any atom is -0.403 e. The van der Waals surface area contributed by atoms with E-state index in [0.29, 0.717) is 24.8 Å². The Kier molecular flexibility index (Phi) is 6.56. The monoisotopic (exact) mass is 489 g/mol. The fourth-order valence-electron chi connectivity index (χ4n) is 4.52. The highest BCUT2D eigenvalue weighted by molar-refractivity contribution is 5.47. The molecule has 1 atom stereocenters. The fourth-order valence-corrected chi connectivity index (χ4v) is 4.52. The minimum atomic E-state index is -4.82. The third kappa shape index (κ3) is 5.38. The van der Waals surface area contributed by atoms with Crippen molar-refractivity contribution in [3.8, 4) is 11.4 Å². The number of anilines is 1. The number of benzene rings is 1. The summed E-state index contributed by atoms with van der Waals surface area (Å²) in [6.45, 7) is 3.38. The summed E-state index contributed by atoms with van der Waals surface area (Å²) in [5, 5.41) is 4.65. The van der Waals surface area contributed by atoms with Gasteiger partial charge in [-0.3, -0.25) is 4.98 Å². The van der Waals surface area contributed by atoms with Crippen LogP contribution in [0.4, 0.5) is 19.0 Å². The molecular weight excluding hydrogens is 463 g/mol. The van der Waals surface area contributed by atoms with E-state index in [4.69, 9.17) is 9.72 Å². The van der Waals surface area contributed by atoms with E-state index in [2.05, 4.69) is 29.6 Å². The molecule has 5 rings (SSSR count). The molecule has 1 unspecified atom stereocenters. The van der Waals surface area contributed by atoms with Gasteiger partial charge in [-0.25, -0.2) is 14.6 Å². The van der Waals surface area contributed by atoms with Gasteiger partial charge in [0.1, 0.15) is 23.4 Å². The van der Waals surface area contributed by atoms with Crippen LogP contribution in [0, 0.1) is 0 Å². The highest BCUT2D eigenvalue weighted by Crippen LogP contribution is 2.35. The molecule has 12 heteroatoms. The number of hydrogen-bond donors (Lipinski definition) is 0. The average Bonchev–Trinajstić information content (AvgIpc) is 3.29. The summed E-state index contributed by atoms with van der Waals surface area (Å²) in [7, 11) is 1.99. The van der Waals surface area contributed by atoms with Crippen LogP contribution in [0.3, 0.4) is 0 Å². The first-order valence-corrected chi connectivity index (χ1v) is 11.5. The van der Waals surface area contributed by atoms with Crippen molar-refractivity contribution >= 4 is 5.82 Å². The summed E-state index contributed by atoms with van der Waals surface area (Å²) in [5.74, 6) is 1.54. The van der Waals surface area contributed by atoms with Crippen LogP contribution in [0.5, 0.6) is 5.75 Å². The molecule has 186 valence electrons. The highest BCUT2D eigenvalue weighted by Gasteiger charge is 2.34. The Morgan fingerprint density at radius 2 is 1.89 bits per heavy atom. The van der Waals surface area contributed by atoms with E-state index >= 15 is 0 Å². The molecule has 9 nitrogen and oxygen atoms in total. The summed E-state index contributed by atoms with van der Waals surface area (Å²) < 4.78 is 51.1. The number of ether oxygens (including phenoxy) is 2. The van der Waals surface area contributed by atoms with E-state index in [1.165, 1.54) is 16.8 Å². The lowest BCUT2D eigenvalue weighted by molar-refractivity contribution is -0.274. The second-order valence-electron chi connectivity index (χ2n) is 8.70. The lowest BCUT2D eigenvalue weighted by Crippen LogP contribution is -2.35. The molecule has 0 saturated carbocycles. The molecule has 35 heavy (non-hydrogen) atoms. The molecule has 4 heterocycles. The van der Waals surface area contributed by atoms with E-state index in [1.807, 2.05) is 7.05 Å². The van der Waals surface area contributed by atoms with Crippen LogP contribution in [-0.2, 0) is 4.74 Å². The molecule has 0 N–H and O–H groups in total. The Hall–Kier alpha value is -3.25. The second-order valence-corrected chi connectivity index (χ2v) is 8.70. The summed E-state index contributed by atoms with van der Waals surface area (Å²) >= 11 is 0. The first kappa shape index (κ1) is 23.5. The van der Waals surface area contributed by atoms with Crippen LogP contribution in [-0.4, -0.2) is 75.8 Å². The number of alkyl halides is 3. The first-order chi connectivity index (χ1) is 16.9. The Bertz CT molecular complexity index is 1130. The van der Waals surface area contributed by atoms with Gasteiger partial charge in [-0.2, -0.15) is 0 Å². The molecule has 0 amide bonds. The number of rotatable bonds is 5. The van der Waals surface area contributed by atoms with Gasteiger partial charge in [0, 0.05) is 44.5 Å². The van der Waals surface area contributed by atoms with Crippen molar-refractivity contribution in [3.63, 3.8) is 0 Å². The van der Waals surface area contributed by atoms with Crippen LogP contribution in [0.25, 0.3) is 5.69 Å². The van der Waals surface area contributed by atoms with Gasteiger partial charge >= 0.3 is 6.36 Å². The molecule has 3 aromatic rings. The van der Waals surface area contributed by atoms with Crippen LogP contribution in [0.15, 0.2) is 42.9 Å². The maximum absolute atomic E-state index is 13.1. The molecule has 2 aromatic heterocycles. The third-order valence-corrected chi connectivity index (χ3v) is 6.26. The van der Waals surface area contributed by atoms with Gasteiger partial charge in [0.25, 0.3) is 0 Å². The number of nitrogens with zero attached hydrogens (tertiary/aromatic N) is 7. The van der Waals surface area contributed by atoms with E-state index in [9.17, 15) is 13.2 Å². The molecule has 2 aliphatic rings. The van der Waals surface area contributed by atoms with Crippen molar-refractivity contribution in [2.45, 2.75) is 31.2 Å². The van der Waals surface area contributed by atoms with E-state index in [0.717, 1.165) is 38.3 Å². The molecule has 0 bridgehead atoms. The summed E-state index contributed by atoms with van der Waals surface area (Å²) in [6, 6.07) is 6.01. The predicted molar refractivity (Wildman–Crippen MR) is 120 cm³/mol. The molecule has 2 fully saturated rings. The van der Waals surface area contributed by atoms with Gasteiger partial charge in [0.05, 0.1) is 12.8 Å². The number of morpholine rings is 1. The van der Waals surface area contributed by atoms with Crippen molar-refractivity contribution < 1.29 is 22.6 Å². The van der Waals surface area contributed by atoms with E-state index in [1.54, 1.807) is 30.7 Å². The van der Waals surface area contributed by atoms with Gasteiger partial charge in [-0.05, 0) is 32.0 Å². The Morgan fingerprint density at radius 1 is 1.09 bits per heavy atom. The molecule has 0 aliphatic carbocycles. The largest absolute Gasteiger partial charge is 0.573 e. The van der Waals surface area contributed by atoms with Crippen molar-refractivity contribution in [2.24, 2.45) is 0 Å². The van der Waals surface area contributed by atoms with E-state index in [-0.39, 0.29) is 23.5 Å². The number of likely N-dealkylation sites (N-methyl/N-ethyl adjacent to an activating group) is 1. The molecule has 0 radical (unpaired) electrons. The molecule has 2 aliphatic heterocycles. The Labute approximate surface area is 200 Å². The highest BCUT2D eigenvalue weighted by atomic mass is 19.4. The lowest BCUT2D eigenvalue weighted by atomic mass is 9.95. The third-order valence-electron chi connectivity index (χ3n) is 6.26. The molecular formula is C23H26F3N7O2. The summed E-state index contributed by atoms with van der Waals surface area (Å²) in [5.41, 5.74) is 0.194. The Balaban J connectivity index is 1.47. The standard InChI is InChI=1S/C23H26F3N7O2/c1-31-12-13-34-19(15-31)21-29-22(16-6-10-32(11-7-16)20-14-27-8-9-28-20)33(30-21)17-4-2-3-5-18(17)35-23(24,25)26/h2-5,8-9,14,16,19H,6-7,10-13,15H2,1H3. The zero-order chi connectivity index (χ0) is 24.4. The number of piperidine rings is 1. The lowest BCUT2D eigenvalue weighted by Gasteiger charge is -2.32. The number of hydrogen-bond acceptors (Lipinski definition) is 8. The normalized spacial score (nSPS) is 20.2. The smallest absolute Gasteiger partial charge is 0.403 e. The van der Waals surface area contributed by atoms with Crippen molar-refractivity contribution in [1.82, 2.24) is 29.6 Å². The van der Waals surface area contributed by atoms with Gasteiger partial charge in [-0.15, -0.1) is 18.3 Å². The van der Waals surface area contributed by atoms with Crippen LogP contribution in [0.2, 0.25) is 0 Å². The Morgan fingerprint density at radius 3 is 2.60 bits per heavy atom. The fraction of sp³-hybridized carbons (Fsp3) is 0.478. The second kappa shape index (κ2) is 9.78. The SMILES string of the molecule is CN1CCOC(c2nc(C3CCN(c4cnccn4)CC3)n(-c3ccccc3OC(F)(F)F)n2)C1. The van der Waals surface area contributed by atoms with Gasteiger partial charge in [0.2, 0.25) is 0 Å². The van der Waals surface area contributed by atoms with Gasteiger partial charge in [0.15, 0.2) is 11.6 Å².